The molecule has 0 amide bonds. The van der Waals surface area contributed by atoms with Crippen LogP contribution in [0.15, 0.2) is 29.2 Å². The fourth-order valence-electron chi connectivity index (χ4n) is 2.59. The highest BCUT2D eigenvalue weighted by Gasteiger charge is 2.30. The van der Waals surface area contributed by atoms with E-state index in [1.165, 1.54) is 4.31 Å². The molecule has 1 aliphatic rings. The van der Waals surface area contributed by atoms with Gasteiger partial charge in [0.1, 0.15) is 0 Å². The molecule has 1 unspecified atom stereocenters. The Bertz CT molecular complexity index is 534. The molecule has 1 aromatic rings. The van der Waals surface area contributed by atoms with Gasteiger partial charge in [0.2, 0.25) is 10.0 Å². The molecule has 0 aromatic heterocycles. The highest BCUT2D eigenvalue weighted by molar-refractivity contribution is 7.89. The van der Waals surface area contributed by atoms with Gasteiger partial charge in [0, 0.05) is 19.1 Å². The van der Waals surface area contributed by atoms with Gasteiger partial charge in [-0.05, 0) is 37.5 Å². The molecule has 2 N–H and O–H groups in total. The minimum Gasteiger partial charge on any atom is -0.324 e. The van der Waals surface area contributed by atoms with Crippen molar-refractivity contribution < 1.29 is 8.42 Å². The lowest BCUT2D eigenvalue weighted by molar-refractivity contribution is 0.373. The second-order valence-electron chi connectivity index (χ2n) is 5.32. The Hall–Kier alpha value is -0.910. The summed E-state index contributed by atoms with van der Waals surface area (Å²) in [4.78, 5) is 0.344. The van der Waals surface area contributed by atoms with Crippen LogP contribution in [0, 0.1) is 0 Å². The molecule has 1 aliphatic carbocycles. The number of hydrogen-bond donors (Lipinski definition) is 1. The molecule has 5 heteroatoms. The number of nitrogens with zero attached hydrogens (tertiary/aromatic N) is 1. The van der Waals surface area contributed by atoms with Crippen LogP contribution < -0.4 is 5.73 Å². The predicted octanol–water partition coefficient (Wildman–Crippen LogP) is 2.27. The largest absolute Gasteiger partial charge is 0.324 e. The second kappa shape index (κ2) is 5.61. The Kier molecular flexibility index (Phi) is 4.28. The van der Waals surface area contributed by atoms with Crippen LogP contribution in [0.4, 0.5) is 0 Å². The number of benzene rings is 1. The van der Waals surface area contributed by atoms with E-state index in [4.69, 9.17) is 5.73 Å². The van der Waals surface area contributed by atoms with E-state index in [9.17, 15) is 8.42 Å². The van der Waals surface area contributed by atoms with Gasteiger partial charge in [0.05, 0.1) is 4.90 Å². The summed E-state index contributed by atoms with van der Waals surface area (Å²) >= 11 is 0. The highest BCUT2D eigenvalue weighted by Crippen LogP contribution is 2.27. The molecule has 0 aliphatic heterocycles. The van der Waals surface area contributed by atoms with Crippen molar-refractivity contribution in [3.8, 4) is 0 Å². The topological polar surface area (TPSA) is 63.4 Å². The van der Waals surface area contributed by atoms with Gasteiger partial charge in [-0.3, -0.25) is 0 Å². The summed E-state index contributed by atoms with van der Waals surface area (Å²) < 4.78 is 26.7. The zero-order chi connectivity index (χ0) is 14.0. The van der Waals surface area contributed by atoms with Crippen LogP contribution >= 0.6 is 0 Å². The highest BCUT2D eigenvalue weighted by atomic mass is 32.2. The summed E-state index contributed by atoms with van der Waals surface area (Å²) in [5.41, 5.74) is 6.66. The maximum Gasteiger partial charge on any atom is 0.243 e. The van der Waals surface area contributed by atoms with Crippen LogP contribution in [-0.2, 0) is 10.0 Å². The molecular weight excluding hydrogens is 260 g/mol. The van der Waals surface area contributed by atoms with Gasteiger partial charge in [-0.25, -0.2) is 8.42 Å². The van der Waals surface area contributed by atoms with E-state index in [0.717, 1.165) is 31.2 Å². The molecule has 106 valence electrons. The van der Waals surface area contributed by atoms with E-state index >= 15 is 0 Å². The van der Waals surface area contributed by atoms with Gasteiger partial charge in [-0.1, -0.05) is 25.0 Å². The summed E-state index contributed by atoms with van der Waals surface area (Å²) in [7, 11) is -1.72. The molecule has 0 spiro atoms. The van der Waals surface area contributed by atoms with Crippen LogP contribution in [0.1, 0.15) is 44.2 Å². The Morgan fingerprint density at radius 2 is 1.95 bits per heavy atom. The predicted molar refractivity (Wildman–Crippen MR) is 76.2 cm³/mol. The van der Waals surface area contributed by atoms with Crippen molar-refractivity contribution in [3.05, 3.63) is 29.8 Å². The number of rotatable bonds is 4. The SMILES string of the molecule is CC(N)c1cccc(S(=O)(=O)N(C)C2CCCC2)c1. The molecule has 1 saturated carbocycles. The number of hydrogen-bond acceptors (Lipinski definition) is 3. The standard InChI is InChI=1S/C14H22N2O2S/c1-11(15)12-6-5-9-14(10-12)19(17,18)16(2)13-7-3-4-8-13/h5-6,9-11,13H,3-4,7-8,15H2,1-2H3. The molecule has 0 bridgehead atoms. The molecule has 0 heterocycles. The van der Waals surface area contributed by atoms with Gasteiger partial charge in [-0.2, -0.15) is 4.31 Å². The summed E-state index contributed by atoms with van der Waals surface area (Å²) in [6.07, 6.45) is 4.15. The van der Waals surface area contributed by atoms with E-state index in [1.54, 1.807) is 25.2 Å². The lowest BCUT2D eigenvalue weighted by atomic mass is 10.1. The van der Waals surface area contributed by atoms with Crippen molar-refractivity contribution in [1.82, 2.24) is 4.31 Å². The number of sulfonamides is 1. The zero-order valence-electron chi connectivity index (χ0n) is 11.5. The first-order valence-electron chi connectivity index (χ1n) is 6.76. The second-order valence-corrected chi connectivity index (χ2v) is 7.32. The van der Waals surface area contributed by atoms with Crippen molar-refractivity contribution in [2.24, 2.45) is 5.73 Å². The summed E-state index contributed by atoms with van der Waals surface area (Å²) in [6.45, 7) is 1.85. The molecule has 1 aromatic carbocycles. The molecule has 0 radical (unpaired) electrons. The fourth-order valence-corrected chi connectivity index (χ4v) is 4.06. The summed E-state index contributed by atoms with van der Waals surface area (Å²) in [5, 5.41) is 0. The van der Waals surface area contributed by atoms with Crippen LogP contribution in [0.3, 0.4) is 0 Å². The molecular formula is C14H22N2O2S. The Balaban J connectivity index is 2.30. The molecule has 0 saturated heterocycles. The van der Waals surface area contributed by atoms with Crippen molar-refractivity contribution in [2.75, 3.05) is 7.05 Å². The van der Waals surface area contributed by atoms with E-state index in [0.29, 0.717) is 4.90 Å². The first-order chi connectivity index (χ1) is 8.93. The third-order valence-electron chi connectivity index (χ3n) is 3.90. The monoisotopic (exact) mass is 282 g/mol. The minimum atomic E-state index is -3.40. The molecule has 1 atom stereocenters. The Morgan fingerprint density at radius 3 is 2.53 bits per heavy atom. The lowest BCUT2D eigenvalue weighted by Crippen LogP contribution is -2.35. The van der Waals surface area contributed by atoms with Crippen molar-refractivity contribution >= 4 is 10.0 Å². The smallest absolute Gasteiger partial charge is 0.243 e. The Morgan fingerprint density at radius 1 is 1.32 bits per heavy atom. The maximum atomic E-state index is 12.6. The van der Waals surface area contributed by atoms with Crippen molar-refractivity contribution in [3.63, 3.8) is 0 Å². The summed E-state index contributed by atoms with van der Waals surface area (Å²) in [5.74, 6) is 0. The van der Waals surface area contributed by atoms with Gasteiger partial charge < -0.3 is 5.73 Å². The average Bonchev–Trinajstić information content (AvgIpc) is 2.91. The minimum absolute atomic E-state index is 0.143. The third kappa shape index (κ3) is 2.99. The van der Waals surface area contributed by atoms with Gasteiger partial charge in [0.15, 0.2) is 0 Å². The molecule has 19 heavy (non-hydrogen) atoms. The van der Waals surface area contributed by atoms with Crippen LogP contribution in [0.5, 0.6) is 0 Å². The molecule has 4 nitrogen and oxygen atoms in total. The van der Waals surface area contributed by atoms with Crippen molar-refractivity contribution in [2.45, 2.75) is 49.6 Å². The fraction of sp³-hybridized carbons (Fsp3) is 0.571. The van der Waals surface area contributed by atoms with Gasteiger partial charge in [0.25, 0.3) is 0 Å². The first-order valence-corrected chi connectivity index (χ1v) is 8.20. The van der Waals surface area contributed by atoms with E-state index in [-0.39, 0.29) is 12.1 Å². The van der Waals surface area contributed by atoms with Gasteiger partial charge >= 0.3 is 0 Å². The van der Waals surface area contributed by atoms with E-state index in [1.807, 2.05) is 13.0 Å². The van der Waals surface area contributed by atoms with Crippen LogP contribution in [0.25, 0.3) is 0 Å². The zero-order valence-corrected chi connectivity index (χ0v) is 12.4. The van der Waals surface area contributed by atoms with E-state index < -0.39 is 10.0 Å². The molecule has 1 fully saturated rings. The average molecular weight is 282 g/mol. The van der Waals surface area contributed by atoms with E-state index in [2.05, 4.69) is 0 Å². The lowest BCUT2D eigenvalue weighted by Gasteiger charge is -2.24. The quantitative estimate of drug-likeness (QED) is 0.921. The number of nitrogens with two attached hydrogens (primary N) is 1. The van der Waals surface area contributed by atoms with Crippen molar-refractivity contribution in [1.29, 1.82) is 0 Å². The van der Waals surface area contributed by atoms with Crippen LogP contribution in [-0.4, -0.2) is 25.8 Å². The van der Waals surface area contributed by atoms with Crippen LogP contribution in [0.2, 0.25) is 0 Å². The first kappa shape index (κ1) is 14.5. The maximum absolute atomic E-state index is 12.6. The van der Waals surface area contributed by atoms with Gasteiger partial charge in [-0.15, -0.1) is 0 Å². The normalized spacial score (nSPS) is 18.9. The molecule has 2 rings (SSSR count). The Labute approximate surface area is 115 Å². The summed E-state index contributed by atoms with van der Waals surface area (Å²) in [6, 6.07) is 6.93. The third-order valence-corrected chi connectivity index (χ3v) is 5.81.